The number of rotatable bonds is 5. The van der Waals surface area contributed by atoms with Gasteiger partial charge in [-0.1, -0.05) is 18.2 Å². The van der Waals surface area contributed by atoms with E-state index in [4.69, 9.17) is 9.47 Å². The number of nitrogens with zero attached hydrogens (tertiary/aromatic N) is 1. The third-order valence-electron chi connectivity index (χ3n) is 3.27. The number of benzene rings is 2. The van der Waals surface area contributed by atoms with Gasteiger partial charge in [0, 0.05) is 7.11 Å². The van der Waals surface area contributed by atoms with Crippen LogP contribution in [0.5, 0.6) is 5.75 Å². The number of methoxy groups -OCH3 is 1. The molecule has 0 aliphatic rings. The van der Waals surface area contributed by atoms with E-state index in [9.17, 15) is 0 Å². The molecule has 0 bridgehead atoms. The Morgan fingerprint density at radius 3 is 2.83 bits per heavy atom. The van der Waals surface area contributed by atoms with Gasteiger partial charge in [-0.05, 0) is 64.3 Å². The maximum absolute atomic E-state index is 5.45. The summed E-state index contributed by atoms with van der Waals surface area (Å²) in [4.78, 5) is 4.65. The largest absolute Gasteiger partial charge is 0.466 e. The van der Waals surface area contributed by atoms with E-state index >= 15 is 0 Å². The second-order valence-electron chi connectivity index (χ2n) is 5.10. The van der Waals surface area contributed by atoms with Gasteiger partial charge in [0.2, 0.25) is 0 Å². The van der Waals surface area contributed by atoms with Gasteiger partial charge in [-0.2, -0.15) is 0 Å². The fraction of sp³-hybridized carbons (Fsp3) is 0.167. The van der Waals surface area contributed by atoms with Crippen molar-refractivity contribution in [2.45, 2.75) is 6.92 Å². The molecule has 0 radical (unpaired) electrons. The van der Waals surface area contributed by atoms with E-state index < -0.39 is 0 Å². The van der Waals surface area contributed by atoms with Crippen molar-refractivity contribution in [2.24, 2.45) is 0 Å². The molecule has 0 unspecified atom stereocenters. The van der Waals surface area contributed by atoms with Gasteiger partial charge in [-0.3, -0.25) is 0 Å². The van der Waals surface area contributed by atoms with Crippen molar-refractivity contribution < 1.29 is 9.47 Å². The summed E-state index contributed by atoms with van der Waals surface area (Å²) < 4.78 is 12.5. The lowest BCUT2D eigenvalue weighted by Crippen LogP contribution is -1.99. The van der Waals surface area contributed by atoms with Crippen LogP contribution in [-0.4, -0.2) is 18.9 Å². The number of aromatic nitrogens is 1. The second kappa shape index (κ2) is 7.25. The summed E-state index contributed by atoms with van der Waals surface area (Å²) in [5, 5.41) is 1.00. The number of aryl methyl sites for hydroxylation is 1. The summed E-state index contributed by atoms with van der Waals surface area (Å²) in [6, 6.07) is 12.3. The van der Waals surface area contributed by atoms with Crippen molar-refractivity contribution in [3.05, 3.63) is 57.0 Å². The minimum Gasteiger partial charge on any atom is -0.466 e. The Labute approximate surface area is 147 Å². The van der Waals surface area contributed by atoms with Crippen LogP contribution in [0.2, 0.25) is 0 Å². The molecule has 0 N–H and O–H groups in total. The zero-order chi connectivity index (χ0) is 16.2. The molecule has 23 heavy (non-hydrogen) atoms. The third kappa shape index (κ3) is 3.99. The molecule has 0 saturated carbocycles. The minimum atomic E-state index is 0.235. The zero-order valence-corrected chi connectivity index (χ0v) is 15.3. The predicted molar refractivity (Wildman–Crippen MR) is 99.9 cm³/mol. The number of fused-ring (bicyclic) bond motifs is 1. The van der Waals surface area contributed by atoms with Crippen LogP contribution in [0.1, 0.15) is 16.1 Å². The standard InChI is InChI=1S/C18H16BrNO2S/c1-12-3-7-17-15(9-12)20-18(23-17)8-5-13-4-6-16(14(19)10-13)22-11-21-2/h3-10H,11H2,1-2H3. The smallest absolute Gasteiger partial charge is 0.188 e. The third-order valence-corrected chi connectivity index (χ3v) is 4.89. The molecule has 0 spiro atoms. The molecule has 3 rings (SSSR count). The van der Waals surface area contributed by atoms with Crippen molar-refractivity contribution in [3.8, 4) is 5.75 Å². The number of halogens is 1. The topological polar surface area (TPSA) is 31.4 Å². The fourth-order valence-electron chi connectivity index (χ4n) is 2.15. The molecular weight excluding hydrogens is 374 g/mol. The van der Waals surface area contributed by atoms with Gasteiger partial charge in [0.25, 0.3) is 0 Å². The van der Waals surface area contributed by atoms with E-state index in [1.54, 1.807) is 18.4 Å². The van der Waals surface area contributed by atoms with Crippen LogP contribution in [0.15, 0.2) is 40.9 Å². The van der Waals surface area contributed by atoms with Gasteiger partial charge in [0.05, 0.1) is 14.7 Å². The lowest BCUT2D eigenvalue weighted by Gasteiger charge is -2.07. The first-order valence-electron chi connectivity index (χ1n) is 7.12. The molecule has 5 heteroatoms. The maximum Gasteiger partial charge on any atom is 0.188 e. The highest BCUT2D eigenvalue weighted by molar-refractivity contribution is 9.10. The lowest BCUT2D eigenvalue weighted by atomic mass is 10.2. The van der Waals surface area contributed by atoms with Crippen LogP contribution in [0.4, 0.5) is 0 Å². The van der Waals surface area contributed by atoms with E-state index in [0.29, 0.717) is 0 Å². The van der Waals surface area contributed by atoms with Crippen LogP contribution in [-0.2, 0) is 4.74 Å². The Bertz CT molecular complexity index is 857. The van der Waals surface area contributed by atoms with Crippen LogP contribution >= 0.6 is 27.3 Å². The Morgan fingerprint density at radius 2 is 2.04 bits per heavy atom. The number of hydrogen-bond donors (Lipinski definition) is 0. The molecule has 0 aliphatic heterocycles. The van der Waals surface area contributed by atoms with Crippen LogP contribution < -0.4 is 4.74 Å². The van der Waals surface area contributed by atoms with E-state index in [1.807, 2.05) is 24.3 Å². The first-order chi connectivity index (χ1) is 11.2. The molecule has 3 nitrogen and oxygen atoms in total. The van der Waals surface area contributed by atoms with Crippen molar-refractivity contribution >= 4 is 49.6 Å². The average molecular weight is 390 g/mol. The van der Waals surface area contributed by atoms with E-state index in [-0.39, 0.29) is 6.79 Å². The quantitative estimate of drug-likeness (QED) is 0.538. The van der Waals surface area contributed by atoms with Crippen molar-refractivity contribution in [1.29, 1.82) is 0 Å². The highest BCUT2D eigenvalue weighted by Crippen LogP contribution is 2.28. The summed E-state index contributed by atoms with van der Waals surface area (Å²) in [6.07, 6.45) is 4.09. The van der Waals surface area contributed by atoms with Gasteiger partial charge >= 0.3 is 0 Å². The molecule has 0 atom stereocenters. The number of thiazole rings is 1. The van der Waals surface area contributed by atoms with Crippen molar-refractivity contribution in [1.82, 2.24) is 4.98 Å². The molecule has 0 amide bonds. The van der Waals surface area contributed by atoms with Crippen LogP contribution in [0, 0.1) is 6.92 Å². The Kier molecular flexibility index (Phi) is 5.10. The van der Waals surface area contributed by atoms with Gasteiger partial charge in [0.1, 0.15) is 10.8 Å². The van der Waals surface area contributed by atoms with Gasteiger partial charge in [-0.25, -0.2) is 4.98 Å². The van der Waals surface area contributed by atoms with Crippen molar-refractivity contribution in [3.63, 3.8) is 0 Å². The Hall–Kier alpha value is -1.69. The minimum absolute atomic E-state index is 0.235. The van der Waals surface area contributed by atoms with E-state index in [0.717, 1.165) is 26.3 Å². The SMILES string of the molecule is COCOc1ccc(C=Cc2nc3cc(C)ccc3s2)cc1Br. The molecule has 0 fully saturated rings. The molecular formula is C18H16BrNO2S. The van der Waals surface area contributed by atoms with Crippen LogP contribution in [0.25, 0.3) is 22.4 Å². The number of hydrogen-bond acceptors (Lipinski definition) is 4. The van der Waals surface area contributed by atoms with Crippen molar-refractivity contribution in [2.75, 3.05) is 13.9 Å². The maximum atomic E-state index is 5.45. The second-order valence-corrected chi connectivity index (χ2v) is 7.01. The average Bonchev–Trinajstić information content (AvgIpc) is 2.94. The predicted octanol–water partition coefficient (Wildman–Crippen LogP) is 5.52. The van der Waals surface area contributed by atoms with Gasteiger partial charge in [0.15, 0.2) is 6.79 Å². The summed E-state index contributed by atoms with van der Waals surface area (Å²) in [5.74, 6) is 0.763. The Balaban J connectivity index is 1.79. The molecule has 3 aromatic rings. The molecule has 1 heterocycles. The zero-order valence-electron chi connectivity index (χ0n) is 12.9. The lowest BCUT2D eigenvalue weighted by molar-refractivity contribution is 0.0506. The molecule has 118 valence electrons. The Morgan fingerprint density at radius 1 is 1.17 bits per heavy atom. The number of ether oxygens (including phenoxy) is 2. The molecule has 0 saturated heterocycles. The normalized spacial score (nSPS) is 11.4. The van der Waals surface area contributed by atoms with Crippen LogP contribution in [0.3, 0.4) is 0 Å². The highest BCUT2D eigenvalue weighted by atomic mass is 79.9. The summed E-state index contributed by atoms with van der Waals surface area (Å²) in [5.41, 5.74) is 3.37. The van der Waals surface area contributed by atoms with Gasteiger partial charge in [-0.15, -0.1) is 11.3 Å². The molecule has 0 aliphatic carbocycles. The monoisotopic (exact) mass is 389 g/mol. The highest BCUT2D eigenvalue weighted by Gasteiger charge is 2.03. The fourth-order valence-corrected chi connectivity index (χ4v) is 3.52. The molecule has 1 aromatic heterocycles. The summed E-state index contributed by atoms with van der Waals surface area (Å²) in [7, 11) is 1.60. The summed E-state index contributed by atoms with van der Waals surface area (Å²) >= 11 is 5.21. The van der Waals surface area contributed by atoms with E-state index in [1.165, 1.54) is 10.3 Å². The molecule has 2 aromatic carbocycles. The first-order valence-corrected chi connectivity index (χ1v) is 8.73. The first kappa shape index (κ1) is 16.2. The van der Waals surface area contributed by atoms with Gasteiger partial charge < -0.3 is 9.47 Å². The van der Waals surface area contributed by atoms with E-state index in [2.05, 4.69) is 52.1 Å². The summed E-state index contributed by atoms with van der Waals surface area (Å²) in [6.45, 7) is 2.32.